The molecule has 2 fully saturated rings. The van der Waals surface area contributed by atoms with Gasteiger partial charge >= 0.3 is 6.03 Å². The van der Waals surface area contributed by atoms with Crippen molar-refractivity contribution in [2.75, 3.05) is 13.2 Å². The summed E-state index contributed by atoms with van der Waals surface area (Å²) in [5, 5.41) is 7.05. The molecule has 4 amide bonds. The molecule has 2 aromatic carbocycles. The van der Waals surface area contributed by atoms with Crippen LogP contribution in [0.4, 0.5) is 13.6 Å². The largest absolute Gasteiger partial charge is 0.491 e. The Balaban J connectivity index is 1.11. The van der Waals surface area contributed by atoms with Gasteiger partial charge in [-0.1, -0.05) is 12.1 Å². The molecule has 7 rings (SSSR count). The number of carbonyl (C=O) groups excluding carboxylic acids is 3. The quantitative estimate of drug-likeness (QED) is 0.520. The molecule has 1 aromatic heterocycles. The molecule has 4 aliphatic rings. The van der Waals surface area contributed by atoms with Crippen molar-refractivity contribution in [1.29, 1.82) is 0 Å². The van der Waals surface area contributed by atoms with Gasteiger partial charge in [0.15, 0.2) is 0 Å². The summed E-state index contributed by atoms with van der Waals surface area (Å²) in [6.07, 6.45) is 3.84. The van der Waals surface area contributed by atoms with E-state index in [2.05, 4.69) is 10.4 Å². The summed E-state index contributed by atoms with van der Waals surface area (Å²) in [5.74, 6) is -0.623. The molecule has 9 nitrogen and oxygen atoms in total. The van der Waals surface area contributed by atoms with Crippen molar-refractivity contribution in [3.05, 3.63) is 71.3 Å². The lowest BCUT2D eigenvalue weighted by Crippen LogP contribution is -2.61. The molecule has 3 aromatic rings. The van der Waals surface area contributed by atoms with Gasteiger partial charge in [-0.15, -0.1) is 0 Å². The molecule has 11 heteroatoms. The number of imide groups is 1. The van der Waals surface area contributed by atoms with Crippen molar-refractivity contribution >= 4 is 17.8 Å². The Labute approximate surface area is 235 Å². The van der Waals surface area contributed by atoms with E-state index in [-0.39, 0.29) is 38.0 Å². The van der Waals surface area contributed by atoms with Gasteiger partial charge in [0.25, 0.3) is 0 Å². The van der Waals surface area contributed by atoms with Crippen molar-refractivity contribution in [2.24, 2.45) is 13.0 Å². The van der Waals surface area contributed by atoms with Gasteiger partial charge in [-0.2, -0.15) is 5.10 Å². The molecule has 3 heterocycles. The van der Waals surface area contributed by atoms with E-state index in [0.717, 1.165) is 28.9 Å². The molecular weight excluding hydrogens is 532 g/mol. The molecule has 1 spiro atoms. The fraction of sp³-hybridized carbons (Fsp3) is 0.400. The first-order valence-corrected chi connectivity index (χ1v) is 13.8. The third-order valence-corrected chi connectivity index (χ3v) is 8.77. The first kappa shape index (κ1) is 25.7. The maximum atomic E-state index is 15.4. The average molecular weight is 562 g/mol. The number of hydrogen-bond donors (Lipinski definition) is 1. The molecule has 1 saturated heterocycles. The minimum Gasteiger partial charge on any atom is -0.491 e. The second-order valence-corrected chi connectivity index (χ2v) is 11.5. The van der Waals surface area contributed by atoms with Crippen LogP contribution in [-0.4, -0.2) is 56.6 Å². The van der Waals surface area contributed by atoms with Crippen molar-refractivity contribution in [3.8, 4) is 16.9 Å². The Morgan fingerprint density at radius 2 is 2.00 bits per heavy atom. The zero-order chi connectivity index (χ0) is 28.5. The number of hydrogen-bond acceptors (Lipinski definition) is 5. The lowest BCUT2D eigenvalue weighted by molar-refractivity contribution is -0.142. The first-order valence-electron chi connectivity index (χ1n) is 13.8. The predicted octanol–water partition coefficient (Wildman–Crippen LogP) is 3.98. The number of amides is 4. The molecule has 1 saturated carbocycles. The third-order valence-electron chi connectivity index (χ3n) is 8.77. The maximum Gasteiger partial charge on any atom is 0.325 e. The number of benzene rings is 2. The highest BCUT2D eigenvalue weighted by Crippen LogP contribution is 2.49. The lowest BCUT2D eigenvalue weighted by atomic mass is 9.85. The van der Waals surface area contributed by atoms with Crippen LogP contribution in [0.25, 0.3) is 11.1 Å². The van der Waals surface area contributed by atoms with Gasteiger partial charge in [0, 0.05) is 37.3 Å². The zero-order valence-electron chi connectivity index (χ0n) is 22.5. The fourth-order valence-corrected chi connectivity index (χ4v) is 6.51. The Morgan fingerprint density at radius 3 is 2.73 bits per heavy atom. The molecular formula is C30H29F2N5O4. The Hall–Kier alpha value is -4.28. The van der Waals surface area contributed by atoms with Crippen LogP contribution in [0.15, 0.2) is 48.8 Å². The van der Waals surface area contributed by atoms with Gasteiger partial charge in [0.2, 0.25) is 11.8 Å². The average Bonchev–Trinajstić information content (AvgIpc) is 3.66. The molecule has 1 N–H and O–H groups in total. The van der Waals surface area contributed by atoms with Gasteiger partial charge in [0.1, 0.15) is 30.9 Å². The number of nitrogens with zero attached hydrogens (tertiary/aromatic N) is 4. The van der Waals surface area contributed by atoms with Gasteiger partial charge < -0.3 is 15.0 Å². The normalized spacial score (nSPS) is 25.4. The van der Waals surface area contributed by atoms with Crippen LogP contribution in [-0.2, 0) is 28.7 Å². The standard InChI is InChI=1S/C30H29F2N5O4/c1-35-13-20(12-33-35)18-4-6-23-22(9-18)24(32)10-30(23)11-27(38)37(29(40)34-30)15-28(39)36-14-19-8-21(31)5-7-26(19)41-16-25(36)17-2-3-17/h4-9,12-13,17,24-25H,2-3,10-11,14-16H2,1H3,(H,34,40)/t24?,25-,30+/m0/s1. The topological polar surface area (TPSA) is 96.8 Å². The lowest BCUT2D eigenvalue weighted by Gasteiger charge is -2.40. The van der Waals surface area contributed by atoms with Crippen LogP contribution in [0.3, 0.4) is 0 Å². The van der Waals surface area contributed by atoms with E-state index in [4.69, 9.17) is 4.74 Å². The monoisotopic (exact) mass is 561 g/mol. The van der Waals surface area contributed by atoms with E-state index in [9.17, 15) is 18.8 Å². The first-order chi connectivity index (χ1) is 19.7. The van der Waals surface area contributed by atoms with Crippen LogP contribution < -0.4 is 10.1 Å². The Kier molecular flexibility index (Phi) is 5.88. The summed E-state index contributed by atoms with van der Waals surface area (Å²) < 4.78 is 36.9. The second kappa shape index (κ2) is 9.39. The summed E-state index contributed by atoms with van der Waals surface area (Å²) in [6, 6.07) is 8.60. The van der Waals surface area contributed by atoms with Gasteiger partial charge in [-0.3, -0.25) is 19.2 Å². The number of alkyl halides is 1. The van der Waals surface area contributed by atoms with E-state index in [1.807, 2.05) is 12.3 Å². The van der Waals surface area contributed by atoms with E-state index < -0.39 is 41.9 Å². The van der Waals surface area contributed by atoms with Crippen molar-refractivity contribution in [3.63, 3.8) is 0 Å². The van der Waals surface area contributed by atoms with Crippen LogP contribution in [0, 0.1) is 11.7 Å². The number of rotatable bonds is 4. The number of aromatic nitrogens is 2. The number of ether oxygens (including phenoxy) is 1. The summed E-state index contributed by atoms with van der Waals surface area (Å²) in [4.78, 5) is 42.9. The van der Waals surface area contributed by atoms with Crippen LogP contribution in [0.1, 0.15) is 48.5 Å². The predicted molar refractivity (Wildman–Crippen MR) is 143 cm³/mol. The van der Waals surface area contributed by atoms with Crippen molar-refractivity contribution in [1.82, 2.24) is 24.9 Å². The number of aryl methyl sites for hydroxylation is 1. The van der Waals surface area contributed by atoms with E-state index in [0.29, 0.717) is 22.4 Å². The molecule has 212 valence electrons. The zero-order valence-corrected chi connectivity index (χ0v) is 22.5. The smallest absolute Gasteiger partial charge is 0.325 e. The van der Waals surface area contributed by atoms with E-state index >= 15 is 4.39 Å². The Bertz CT molecular complexity index is 1570. The van der Waals surface area contributed by atoms with Crippen molar-refractivity contribution in [2.45, 2.75) is 50.0 Å². The summed E-state index contributed by atoms with van der Waals surface area (Å²) >= 11 is 0. The van der Waals surface area contributed by atoms with Crippen LogP contribution in [0.2, 0.25) is 0 Å². The maximum absolute atomic E-state index is 15.4. The number of urea groups is 1. The fourth-order valence-electron chi connectivity index (χ4n) is 6.51. The third kappa shape index (κ3) is 4.43. The molecule has 2 aliphatic heterocycles. The molecule has 1 unspecified atom stereocenters. The minimum absolute atomic E-state index is 0.0618. The molecule has 2 aliphatic carbocycles. The number of nitrogens with one attached hydrogen (secondary N) is 1. The van der Waals surface area contributed by atoms with Gasteiger partial charge in [-0.25, -0.2) is 13.6 Å². The van der Waals surface area contributed by atoms with Gasteiger partial charge in [-0.05, 0) is 59.7 Å². The van der Waals surface area contributed by atoms with E-state index in [1.165, 1.54) is 12.1 Å². The molecule has 41 heavy (non-hydrogen) atoms. The summed E-state index contributed by atoms with van der Waals surface area (Å²) in [6.45, 7) is -0.0781. The van der Waals surface area contributed by atoms with Crippen molar-refractivity contribution < 1.29 is 27.9 Å². The van der Waals surface area contributed by atoms with Crippen LogP contribution >= 0.6 is 0 Å². The highest BCUT2D eigenvalue weighted by Gasteiger charge is 2.52. The highest BCUT2D eigenvalue weighted by molar-refractivity contribution is 6.01. The summed E-state index contributed by atoms with van der Waals surface area (Å²) in [7, 11) is 1.80. The second-order valence-electron chi connectivity index (χ2n) is 11.5. The number of fused-ring (bicyclic) bond motifs is 3. The summed E-state index contributed by atoms with van der Waals surface area (Å²) in [5.41, 5.74) is 2.00. The van der Waals surface area contributed by atoms with Crippen LogP contribution in [0.5, 0.6) is 5.75 Å². The Morgan fingerprint density at radius 1 is 1.17 bits per heavy atom. The minimum atomic E-state index is -1.36. The van der Waals surface area contributed by atoms with Gasteiger partial charge in [0.05, 0.1) is 24.2 Å². The molecule has 3 atom stereocenters. The number of halogens is 2. The highest BCUT2D eigenvalue weighted by atomic mass is 19.1. The van der Waals surface area contributed by atoms with E-state index in [1.54, 1.807) is 41.0 Å². The molecule has 0 bridgehead atoms. The number of carbonyl (C=O) groups is 3. The molecule has 0 radical (unpaired) electrons. The SMILES string of the molecule is Cn1cc(-c2ccc3c(c2)C(F)C[C@@]32CC(=O)N(CC(=O)N3Cc4cc(F)ccc4OC[C@H]3C3CC3)C(=O)N2)cn1.